The average molecular weight is 475 g/mol. The van der Waals surface area contributed by atoms with E-state index in [1.54, 1.807) is 18.2 Å². The lowest BCUT2D eigenvalue weighted by Crippen LogP contribution is -2.32. The van der Waals surface area contributed by atoms with Crippen molar-refractivity contribution in [1.29, 1.82) is 0 Å². The van der Waals surface area contributed by atoms with Crippen LogP contribution in [0.3, 0.4) is 0 Å². The predicted octanol–water partition coefficient (Wildman–Crippen LogP) is 3.16. The van der Waals surface area contributed by atoms with Crippen LogP contribution in [0.15, 0.2) is 47.4 Å². The number of esters is 1. The topological polar surface area (TPSA) is 111 Å². The standard InChI is InChI=1S/C23H26N2O7S/c1-16(22(26)24-18-8-11-20-21(14-18)31-15-30-20)32-23(27)17-6-9-19(10-7-17)33(28,29)25-12-4-2-3-5-13-25/h6-11,14,16H,2-5,12-13,15H2,1H3,(H,24,26). The van der Waals surface area contributed by atoms with Gasteiger partial charge in [-0.15, -0.1) is 0 Å². The van der Waals surface area contributed by atoms with Gasteiger partial charge in [-0.05, 0) is 56.2 Å². The quantitative estimate of drug-likeness (QED) is 0.640. The molecule has 1 saturated heterocycles. The molecule has 9 nitrogen and oxygen atoms in total. The van der Waals surface area contributed by atoms with Crippen LogP contribution in [0.4, 0.5) is 5.69 Å². The highest BCUT2D eigenvalue weighted by molar-refractivity contribution is 7.89. The number of anilines is 1. The molecule has 1 atom stereocenters. The van der Waals surface area contributed by atoms with Crippen molar-refractivity contribution in [1.82, 2.24) is 4.31 Å². The van der Waals surface area contributed by atoms with Crippen molar-refractivity contribution < 1.29 is 32.2 Å². The Balaban J connectivity index is 1.36. The summed E-state index contributed by atoms with van der Waals surface area (Å²) in [6.45, 7) is 2.58. The van der Waals surface area contributed by atoms with Crippen LogP contribution in [0, 0.1) is 0 Å². The number of fused-ring (bicyclic) bond motifs is 1. The van der Waals surface area contributed by atoms with Crippen molar-refractivity contribution in [2.45, 2.75) is 43.6 Å². The third-order valence-corrected chi connectivity index (χ3v) is 7.50. The van der Waals surface area contributed by atoms with E-state index in [4.69, 9.17) is 14.2 Å². The zero-order valence-electron chi connectivity index (χ0n) is 18.3. The van der Waals surface area contributed by atoms with Crippen LogP contribution < -0.4 is 14.8 Å². The lowest BCUT2D eigenvalue weighted by molar-refractivity contribution is -0.123. The minimum Gasteiger partial charge on any atom is -0.454 e. The maximum Gasteiger partial charge on any atom is 0.338 e. The molecule has 0 saturated carbocycles. The summed E-state index contributed by atoms with van der Waals surface area (Å²) in [4.78, 5) is 25.0. The molecular weight excluding hydrogens is 448 g/mol. The number of carbonyl (C=O) groups excluding carboxylic acids is 2. The van der Waals surface area contributed by atoms with Crippen molar-refractivity contribution in [2.75, 3.05) is 25.2 Å². The molecule has 1 fully saturated rings. The van der Waals surface area contributed by atoms with Crippen molar-refractivity contribution in [3.05, 3.63) is 48.0 Å². The van der Waals surface area contributed by atoms with Gasteiger partial charge < -0.3 is 19.5 Å². The van der Waals surface area contributed by atoms with Gasteiger partial charge in [-0.3, -0.25) is 4.79 Å². The molecule has 1 unspecified atom stereocenters. The summed E-state index contributed by atoms with van der Waals surface area (Å²) in [5.41, 5.74) is 0.641. The minimum absolute atomic E-state index is 0.124. The zero-order chi connectivity index (χ0) is 23.4. The molecular formula is C23H26N2O7S. The second-order valence-corrected chi connectivity index (χ2v) is 9.89. The summed E-state index contributed by atoms with van der Waals surface area (Å²) in [5, 5.41) is 2.66. The Morgan fingerprint density at radius 1 is 0.970 bits per heavy atom. The van der Waals surface area contributed by atoms with Gasteiger partial charge >= 0.3 is 5.97 Å². The van der Waals surface area contributed by atoms with Gasteiger partial charge in [0.1, 0.15) is 0 Å². The van der Waals surface area contributed by atoms with Crippen molar-refractivity contribution in [3.8, 4) is 11.5 Å². The first-order valence-corrected chi connectivity index (χ1v) is 12.3. The number of benzene rings is 2. The number of amides is 1. The van der Waals surface area contributed by atoms with E-state index in [0.29, 0.717) is 30.3 Å². The Hall–Kier alpha value is -3.11. The first-order valence-electron chi connectivity index (χ1n) is 10.9. The highest BCUT2D eigenvalue weighted by atomic mass is 32.2. The minimum atomic E-state index is -3.61. The number of hydrogen-bond donors (Lipinski definition) is 1. The Morgan fingerprint density at radius 3 is 2.33 bits per heavy atom. The highest BCUT2D eigenvalue weighted by Gasteiger charge is 2.26. The van der Waals surface area contributed by atoms with Gasteiger partial charge in [-0.1, -0.05) is 12.8 Å². The Bertz CT molecular complexity index is 1120. The molecule has 4 rings (SSSR count). The Labute approximate surface area is 192 Å². The van der Waals surface area contributed by atoms with Crippen LogP contribution in [0.5, 0.6) is 11.5 Å². The normalized spacial score (nSPS) is 17.1. The van der Waals surface area contributed by atoms with Gasteiger partial charge in [0.15, 0.2) is 17.6 Å². The number of ether oxygens (including phenoxy) is 3. The molecule has 0 bridgehead atoms. The van der Waals surface area contributed by atoms with Gasteiger partial charge in [0, 0.05) is 24.8 Å². The first kappa shape index (κ1) is 23.1. The molecule has 2 aromatic carbocycles. The molecule has 176 valence electrons. The SMILES string of the molecule is CC(OC(=O)c1ccc(S(=O)(=O)N2CCCCCC2)cc1)C(=O)Nc1ccc2c(c1)OCO2. The summed E-state index contributed by atoms with van der Waals surface area (Å²) in [6, 6.07) is 10.5. The average Bonchev–Trinajstić information content (AvgIpc) is 3.09. The zero-order valence-corrected chi connectivity index (χ0v) is 19.1. The van der Waals surface area contributed by atoms with Crippen LogP contribution in [0.2, 0.25) is 0 Å². The van der Waals surface area contributed by atoms with Crippen LogP contribution in [-0.2, 0) is 19.6 Å². The second-order valence-electron chi connectivity index (χ2n) is 7.95. The van der Waals surface area contributed by atoms with Crippen LogP contribution in [-0.4, -0.2) is 50.6 Å². The van der Waals surface area contributed by atoms with Gasteiger partial charge in [0.25, 0.3) is 5.91 Å². The van der Waals surface area contributed by atoms with E-state index in [-0.39, 0.29) is 17.3 Å². The fourth-order valence-electron chi connectivity index (χ4n) is 3.69. The number of nitrogens with zero attached hydrogens (tertiary/aromatic N) is 1. The van der Waals surface area contributed by atoms with Crippen molar-refractivity contribution in [3.63, 3.8) is 0 Å². The summed E-state index contributed by atoms with van der Waals surface area (Å²) >= 11 is 0. The molecule has 1 amide bonds. The molecule has 33 heavy (non-hydrogen) atoms. The fraction of sp³-hybridized carbons (Fsp3) is 0.391. The maximum atomic E-state index is 12.9. The molecule has 0 radical (unpaired) electrons. The van der Waals surface area contributed by atoms with E-state index < -0.39 is 28.0 Å². The third-order valence-electron chi connectivity index (χ3n) is 5.59. The summed E-state index contributed by atoms with van der Waals surface area (Å²) in [5.74, 6) is -0.119. The molecule has 2 aliphatic heterocycles. The molecule has 10 heteroatoms. The number of hydrogen-bond acceptors (Lipinski definition) is 7. The molecule has 0 aromatic heterocycles. The van der Waals surface area contributed by atoms with E-state index in [1.165, 1.54) is 35.5 Å². The number of nitrogens with one attached hydrogen (secondary N) is 1. The monoisotopic (exact) mass is 474 g/mol. The molecule has 0 spiro atoms. The summed E-state index contributed by atoms with van der Waals surface area (Å²) in [6.07, 6.45) is 2.67. The molecule has 0 aliphatic carbocycles. The van der Waals surface area contributed by atoms with E-state index in [2.05, 4.69) is 5.32 Å². The van der Waals surface area contributed by atoms with Crippen molar-refractivity contribution in [2.24, 2.45) is 0 Å². The van der Waals surface area contributed by atoms with Crippen LogP contribution >= 0.6 is 0 Å². The van der Waals surface area contributed by atoms with E-state index in [1.807, 2.05) is 0 Å². The van der Waals surface area contributed by atoms with E-state index >= 15 is 0 Å². The van der Waals surface area contributed by atoms with Crippen molar-refractivity contribution >= 4 is 27.6 Å². The summed E-state index contributed by atoms with van der Waals surface area (Å²) < 4.78 is 43.0. The van der Waals surface area contributed by atoms with E-state index in [9.17, 15) is 18.0 Å². The Kier molecular flexibility index (Phi) is 6.85. The van der Waals surface area contributed by atoms with Gasteiger partial charge in [-0.2, -0.15) is 4.31 Å². The largest absolute Gasteiger partial charge is 0.454 e. The lowest BCUT2D eigenvalue weighted by atomic mass is 10.2. The van der Waals surface area contributed by atoms with Gasteiger partial charge in [-0.25, -0.2) is 13.2 Å². The second kappa shape index (κ2) is 9.80. The number of rotatable bonds is 6. The molecule has 2 heterocycles. The van der Waals surface area contributed by atoms with Crippen LogP contribution in [0.25, 0.3) is 0 Å². The molecule has 2 aliphatic rings. The smallest absolute Gasteiger partial charge is 0.338 e. The van der Waals surface area contributed by atoms with Crippen LogP contribution in [0.1, 0.15) is 43.0 Å². The Morgan fingerprint density at radius 2 is 1.64 bits per heavy atom. The molecule has 2 aromatic rings. The third kappa shape index (κ3) is 5.28. The highest BCUT2D eigenvalue weighted by Crippen LogP contribution is 2.34. The summed E-state index contributed by atoms with van der Waals surface area (Å²) in [7, 11) is -3.61. The maximum absolute atomic E-state index is 12.9. The van der Waals surface area contributed by atoms with Gasteiger partial charge in [0.05, 0.1) is 10.5 Å². The number of sulfonamides is 1. The first-order chi connectivity index (χ1) is 15.8. The predicted molar refractivity (Wildman–Crippen MR) is 120 cm³/mol. The van der Waals surface area contributed by atoms with E-state index in [0.717, 1.165) is 25.7 Å². The lowest BCUT2D eigenvalue weighted by Gasteiger charge is -2.20. The molecule has 1 N–H and O–H groups in total. The number of carbonyl (C=O) groups is 2. The fourth-order valence-corrected chi connectivity index (χ4v) is 5.21. The van der Waals surface area contributed by atoms with Gasteiger partial charge in [0.2, 0.25) is 16.8 Å².